The van der Waals surface area contributed by atoms with E-state index in [4.69, 9.17) is 4.74 Å². The summed E-state index contributed by atoms with van der Waals surface area (Å²) in [7, 11) is -3.60. The van der Waals surface area contributed by atoms with Crippen LogP contribution in [-0.2, 0) is 10.0 Å². The molecule has 0 radical (unpaired) electrons. The van der Waals surface area contributed by atoms with Crippen molar-refractivity contribution in [3.63, 3.8) is 0 Å². The molecule has 2 aromatic rings. The van der Waals surface area contributed by atoms with Gasteiger partial charge in [0.2, 0.25) is 5.88 Å². The van der Waals surface area contributed by atoms with E-state index >= 15 is 0 Å². The fraction of sp³-hybridized carbons (Fsp3) is 0.333. The molecule has 20 heavy (non-hydrogen) atoms. The van der Waals surface area contributed by atoms with Gasteiger partial charge in [-0.05, 0) is 5.92 Å². The Hall–Kier alpha value is -2.09. The molecule has 0 unspecified atom stereocenters. The predicted molar refractivity (Wildman–Crippen MR) is 77.0 cm³/mol. The zero-order chi connectivity index (χ0) is 14.8. The van der Waals surface area contributed by atoms with E-state index in [0.29, 0.717) is 35.1 Å². The molecule has 0 saturated heterocycles. The van der Waals surface area contributed by atoms with Gasteiger partial charge in [-0.1, -0.05) is 20.4 Å². The minimum Gasteiger partial charge on any atom is -0.477 e. The van der Waals surface area contributed by atoms with Crippen molar-refractivity contribution in [1.29, 1.82) is 0 Å². The molecule has 0 aromatic carbocycles. The molecule has 0 bridgehead atoms. The quantitative estimate of drug-likeness (QED) is 0.848. The average Bonchev–Trinajstić information content (AvgIpc) is 2.79. The first kappa shape index (κ1) is 14.3. The van der Waals surface area contributed by atoms with Crippen molar-refractivity contribution in [2.45, 2.75) is 13.8 Å². The first-order valence-corrected chi connectivity index (χ1v) is 7.57. The van der Waals surface area contributed by atoms with Gasteiger partial charge in [-0.3, -0.25) is 4.72 Å². The lowest BCUT2D eigenvalue weighted by Gasteiger charge is -2.09. The van der Waals surface area contributed by atoms with Crippen LogP contribution in [-0.4, -0.2) is 30.0 Å². The summed E-state index contributed by atoms with van der Waals surface area (Å²) < 4.78 is 31.1. The second-order valence-electron chi connectivity index (χ2n) is 4.62. The third-order valence-electron chi connectivity index (χ3n) is 2.46. The summed E-state index contributed by atoms with van der Waals surface area (Å²) in [5, 5.41) is 1.34. The lowest BCUT2D eigenvalue weighted by atomic mass is 10.2. The van der Waals surface area contributed by atoms with Crippen LogP contribution >= 0.6 is 0 Å². The van der Waals surface area contributed by atoms with Gasteiger partial charge < -0.3 is 9.72 Å². The van der Waals surface area contributed by atoms with Crippen LogP contribution in [0.4, 0.5) is 5.69 Å². The molecule has 8 heteroatoms. The summed E-state index contributed by atoms with van der Waals surface area (Å²) in [5.41, 5.74) is 0.833. The Morgan fingerprint density at radius 2 is 2.25 bits per heavy atom. The Morgan fingerprint density at radius 1 is 1.50 bits per heavy atom. The highest BCUT2D eigenvalue weighted by Crippen LogP contribution is 2.30. The number of sulfonamides is 1. The van der Waals surface area contributed by atoms with E-state index in [9.17, 15) is 8.42 Å². The van der Waals surface area contributed by atoms with Crippen molar-refractivity contribution < 1.29 is 13.2 Å². The normalized spacial score (nSPS) is 11.8. The molecule has 2 heterocycles. The van der Waals surface area contributed by atoms with E-state index < -0.39 is 10.0 Å². The highest BCUT2D eigenvalue weighted by Gasteiger charge is 2.16. The molecular formula is C12H16N4O3S. The van der Waals surface area contributed by atoms with E-state index in [-0.39, 0.29) is 0 Å². The first-order valence-electron chi connectivity index (χ1n) is 6.03. The van der Waals surface area contributed by atoms with Gasteiger partial charge in [0, 0.05) is 11.6 Å². The van der Waals surface area contributed by atoms with E-state index in [1.807, 2.05) is 13.8 Å². The molecule has 0 aliphatic carbocycles. The maximum atomic E-state index is 11.6. The minimum absolute atomic E-state index is 0.326. The van der Waals surface area contributed by atoms with Gasteiger partial charge >= 0.3 is 0 Å². The summed E-state index contributed by atoms with van der Waals surface area (Å²) in [5.74, 6) is 0.666. The average molecular weight is 296 g/mol. The van der Waals surface area contributed by atoms with Crippen LogP contribution in [0, 0.1) is 5.92 Å². The number of aromatic amines is 1. The van der Waals surface area contributed by atoms with Crippen LogP contribution in [0.5, 0.6) is 5.88 Å². The van der Waals surface area contributed by atoms with Crippen LogP contribution < -0.4 is 9.46 Å². The van der Waals surface area contributed by atoms with Gasteiger partial charge in [0.25, 0.3) is 10.0 Å². The standard InChI is InChI=1S/C12H16N4O3S/c1-4-20(17,18)16-9-5-13-11-10(9)12(15-7-14-11)19-6-8(2)3/h4-5,7-8,16H,1,6H2,2-3H3,(H,13,14,15). The van der Waals surface area contributed by atoms with Gasteiger partial charge in [-0.2, -0.15) is 0 Å². The Kier molecular flexibility index (Phi) is 3.93. The number of hydrogen-bond donors (Lipinski definition) is 2. The van der Waals surface area contributed by atoms with Crippen molar-refractivity contribution in [2.75, 3.05) is 11.3 Å². The largest absolute Gasteiger partial charge is 0.477 e. The van der Waals surface area contributed by atoms with Crippen LogP contribution in [0.25, 0.3) is 11.0 Å². The summed E-state index contributed by atoms with van der Waals surface area (Å²) in [6, 6.07) is 0. The third-order valence-corrected chi connectivity index (χ3v) is 3.40. The smallest absolute Gasteiger partial charge is 0.254 e. The molecule has 2 aromatic heterocycles. The fourth-order valence-electron chi connectivity index (χ4n) is 1.56. The van der Waals surface area contributed by atoms with Gasteiger partial charge in [-0.25, -0.2) is 18.4 Å². The fourth-order valence-corrected chi connectivity index (χ4v) is 2.12. The lowest BCUT2D eigenvalue weighted by Crippen LogP contribution is -2.09. The molecular weight excluding hydrogens is 280 g/mol. The Bertz CT molecular complexity index is 721. The zero-order valence-corrected chi connectivity index (χ0v) is 12.1. The van der Waals surface area contributed by atoms with E-state index in [1.165, 1.54) is 12.5 Å². The number of aromatic nitrogens is 3. The third kappa shape index (κ3) is 3.08. The Morgan fingerprint density at radius 3 is 2.90 bits per heavy atom. The summed E-state index contributed by atoms with van der Waals surface area (Å²) in [6.45, 7) is 7.75. The van der Waals surface area contributed by atoms with Crippen LogP contribution in [0.2, 0.25) is 0 Å². The number of rotatable bonds is 6. The molecule has 0 aliphatic rings. The number of fused-ring (bicyclic) bond motifs is 1. The van der Waals surface area contributed by atoms with Gasteiger partial charge in [0.1, 0.15) is 17.4 Å². The number of hydrogen-bond acceptors (Lipinski definition) is 5. The predicted octanol–water partition coefficient (Wildman–Crippen LogP) is 1.88. The second-order valence-corrected chi connectivity index (χ2v) is 6.25. The lowest BCUT2D eigenvalue weighted by molar-refractivity contribution is 0.264. The molecule has 108 valence electrons. The zero-order valence-electron chi connectivity index (χ0n) is 11.3. The maximum absolute atomic E-state index is 11.6. The van der Waals surface area contributed by atoms with Crippen molar-refractivity contribution in [1.82, 2.24) is 15.0 Å². The topological polar surface area (TPSA) is 97.0 Å². The molecule has 0 spiro atoms. The highest BCUT2D eigenvalue weighted by molar-refractivity contribution is 7.95. The van der Waals surface area contributed by atoms with Crippen molar-refractivity contribution in [3.8, 4) is 5.88 Å². The Labute approximate surface area is 117 Å². The maximum Gasteiger partial charge on any atom is 0.254 e. The van der Waals surface area contributed by atoms with Crippen LogP contribution in [0.3, 0.4) is 0 Å². The highest BCUT2D eigenvalue weighted by atomic mass is 32.2. The SMILES string of the molecule is C=CS(=O)(=O)Nc1c[nH]c2ncnc(OCC(C)C)c12. The molecule has 0 atom stereocenters. The number of nitrogens with zero attached hydrogens (tertiary/aromatic N) is 2. The number of ether oxygens (including phenoxy) is 1. The van der Waals surface area contributed by atoms with Gasteiger partial charge in [0.15, 0.2) is 0 Å². The van der Waals surface area contributed by atoms with Crippen molar-refractivity contribution >= 4 is 26.7 Å². The van der Waals surface area contributed by atoms with Crippen LogP contribution in [0.1, 0.15) is 13.8 Å². The first-order chi connectivity index (χ1) is 9.43. The van der Waals surface area contributed by atoms with Gasteiger partial charge in [0.05, 0.1) is 12.3 Å². The minimum atomic E-state index is -3.60. The summed E-state index contributed by atoms with van der Waals surface area (Å²) in [4.78, 5) is 11.0. The van der Waals surface area contributed by atoms with Gasteiger partial charge in [-0.15, -0.1) is 0 Å². The molecule has 0 fully saturated rings. The monoisotopic (exact) mass is 296 g/mol. The van der Waals surface area contributed by atoms with Crippen molar-refractivity contribution in [2.24, 2.45) is 5.92 Å². The molecule has 2 N–H and O–H groups in total. The number of nitrogens with one attached hydrogen (secondary N) is 2. The number of H-pyrrole nitrogens is 1. The summed E-state index contributed by atoms with van der Waals surface area (Å²) in [6.07, 6.45) is 2.86. The number of anilines is 1. The molecule has 0 aliphatic heterocycles. The van der Waals surface area contributed by atoms with Crippen molar-refractivity contribution in [3.05, 3.63) is 24.5 Å². The van der Waals surface area contributed by atoms with E-state index in [0.717, 1.165) is 5.41 Å². The molecule has 7 nitrogen and oxygen atoms in total. The molecule has 2 rings (SSSR count). The second kappa shape index (κ2) is 5.49. The molecule has 0 amide bonds. The van der Waals surface area contributed by atoms with E-state index in [2.05, 4.69) is 26.3 Å². The van der Waals surface area contributed by atoms with E-state index in [1.54, 1.807) is 0 Å². The summed E-state index contributed by atoms with van der Waals surface area (Å²) >= 11 is 0. The Balaban J connectivity index is 2.43. The molecule has 0 saturated carbocycles. The van der Waals surface area contributed by atoms with Crippen LogP contribution in [0.15, 0.2) is 24.5 Å².